The zero-order valence-corrected chi connectivity index (χ0v) is 12.4. The predicted molar refractivity (Wildman–Crippen MR) is 80.1 cm³/mol. The van der Waals surface area contributed by atoms with Crippen molar-refractivity contribution in [2.45, 2.75) is 20.3 Å². The Hall–Kier alpha value is -2.04. The number of anilines is 1. The lowest BCUT2D eigenvalue weighted by Gasteiger charge is -2.23. The van der Waals surface area contributed by atoms with E-state index in [4.69, 9.17) is 5.73 Å². The maximum Gasteiger partial charge on any atom is 0.242 e. The topological polar surface area (TPSA) is 66.6 Å². The normalized spacial score (nSPS) is 10.2. The molecule has 0 saturated carbocycles. The van der Waals surface area contributed by atoms with Crippen molar-refractivity contribution in [3.05, 3.63) is 29.8 Å². The number of hydrogen-bond acceptors (Lipinski definition) is 3. The number of nitrogens with two attached hydrogens (primary N) is 1. The van der Waals surface area contributed by atoms with Gasteiger partial charge in [0.2, 0.25) is 11.8 Å². The molecule has 1 aromatic carbocycles. The SMILES string of the molecule is CCN(CC)C(=O)CN(C)C(=O)Cc1ccccc1N. The molecule has 0 bridgehead atoms. The number of hydrogen-bond donors (Lipinski definition) is 1. The van der Waals surface area contributed by atoms with Gasteiger partial charge in [-0.05, 0) is 25.5 Å². The van der Waals surface area contributed by atoms with Crippen molar-refractivity contribution in [2.75, 3.05) is 32.4 Å². The Bertz CT molecular complexity index is 470. The van der Waals surface area contributed by atoms with Crippen LogP contribution < -0.4 is 5.73 Å². The van der Waals surface area contributed by atoms with Gasteiger partial charge in [0.15, 0.2) is 0 Å². The molecule has 2 N–H and O–H groups in total. The predicted octanol–water partition coefficient (Wildman–Crippen LogP) is 1.14. The van der Waals surface area contributed by atoms with Gasteiger partial charge in [-0.25, -0.2) is 0 Å². The van der Waals surface area contributed by atoms with Crippen LogP contribution in [0.25, 0.3) is 0 Å². The van der Waals surface area contributed by atoms with E-state index in [2.05, 4.69) is 0 Å². The first-order chi connectivity index (χ1) is 9.49. The first-order valence-corrected chi connectivity index (χ1v) is 6.84. The smallest absolute Gasteiger partial charge is 0.242 e. The van der Waals surface area contributed by atoms with Gasteiger partial charge in [-0.3, -0.25) is 9.59 Å². The molecule has 5 nitrogen and oxygen atoms in total. The van der Waals surface area contributed by atoms with Crippen LogP contribution in [-0.4, -0.2) is 48.3 Å². The number of carbonyl (C=O) groups is 2. The lowest BCUT2D eigenvalue weighted by Crippen LogP contribution is -2.41. The molecule has 20 heavy (non-hydrogen) atoms. The number of nitrogen functional groups attached to an aromatic ring is 1. The molecule has 0 aliphatic carbocycles. The fourth-order valence-electron chi connectivity index (χ4n) is 1.96. The summed E-state index contributed by atoms with van der Waals surface area (Å²) in [6, 6.07) is 7.27. The Balaban J connectivity index is 2.60. The maximum atomic E-state index is 12.1. The van der Waals surface area contributed by atoms with Crippen LogP contribution in [0.1, 0.15) is 19.4 Å². The molecule has 0 unspecified atom stereocenters. The number of likely N-dealkylation sites (N-methyl/N-ethyl adjacent to an activating group) is 2. The van der Waals surface area contributed by atoms with Crippen molar-refractivity contribution in [2.24, 2.45) is 0 Å². The van der Waals surface area contributed by atoms with Crippen LogP contribution >= 0.6 is 0 Å². The van der Waals surface area contributed by atoms with Crippen LogP contribution in [0, 0.1) is 0 Å². The van der Waals surface area contributed by atoms with Crippen LogP contribution in [0.5, 0.6) is 0 Å². The van der Waals surface area contributed by atoms with Gasteiger partial charge in [0, 0.05) is 25.8 Å². The molecule has 0 heterocycles. The number of carbonyl (C=O) groups excluding carboxylic acids is 2. The van der Waals surface area contributed by atoms with Crippen LogP contribution in [0.3, 0.4) is 0 Å². The number of rotatable bonds is 6. The van der Waals surface area contributed by atoms with E-state index < -0.39 is 0 Å². The van der Waals surface area contributed by atoms with E-state index in [0.29, 0.717) is 18.8 Å². The van der Waals surface area contributed by atoms with E-state index in [-0.39, 0.29) is 24.8 Å². The zero-order chi connectivity index (χ0) is 15.1. The zero-order valence-electron chi connectivity index (χ0n) is 12.4. The van der Waals surface area contributed by atoms with E-state index >= 15 is 0 Å². The standard InChI is InChI=1S/C15H23N3O2/c1-4-18(5-2)15(20)11-17(3)14(19)10-12-8-6-7-9-13(12)16/h6-9H,4-5,10-11,16H2,1-3H3. The van der Waals surface area contributed by atoms with Crippen molar-refractivity contribution >= 4 is 17.5 Å². The quantitative estimate of drug-likeness (QED) is 0.793. The van der Waals surface area contributed by atoms with E-state index in [9.17, 15) is 9.59 Å². The summed E-state index contributed by atoms with van der Waals surface area (Å²) in [6.07, 6.45) is 0.217. The molecule has 0 aliphatic rings. The van der Waals surface area contributed by atoms with Gasteiger partial charge in [0.05, 0.1) is 13.0 Å². The molecule has 110 valence electrons. The van der Waals surface area contributed by atoms with Crippen LogP contribution in [0.4, 0.5) is 5.69 Å². The number of benzene rings is 1. The van der Waals surface area contributed by atoms with Crippen LogP contribution in [0.2, 0.25) is 0 Å². The van der Waals surface area contributed by atoms with Crippen molar-refractivity contribution in [3.63, 3.8) is 0 Å². The van der Waals surface area contributed by atoms with Crippen molar-refractivity contribution in [3.8, 4) is 0 Å². The van der Waals surface area contributed by atoms with Gasteiger partial charge in [-0.2, -0.15) is 0 Å². The Kier molecular flexibility index (Phi) is 6.03. The summed E-state index contributed by atoms with van der Waals surface area (Å²) in [5, 5.41) is 0. The van der Waals surface area contributed by atoms with Gasteiger partial charge in [0.25, 0.3) is 0 Å². The molecule has 0 fully saturated rings. The highest BCUT2D eigenvalue weighted by molar-refractivity contribution is 5.86. The Morgan fingerprint density at radius 2 is 1.70 bits per heavy atom. The molecule has 0 radical (unpaired) electrons. The van der Waals surface area contributed by atoms with Crippen LogP contribution in [0.15, 0.2) is 24.3 Å². The summed E-state index contributed by atoms with van der Waals surface area (Å²) >= 11 is 0. The van der Waals surface area contributed by atoms with Crippen molar-refractivity contribution < 1.29 is 9.59 Å². The fraction of sp³-hybridized carbons (Fsp3) is 0.467. The van der Waals surface area contributed by atoms with Gasteiger partial charge >= 0.3 is 0 Å². The highest BCUT2D eigenvalue weighted by atomic mass is 16.2. The molecule has 1 rings (SSSR count). The second kappa shape index (κ2) is 7.53. The first kappa shape index (κ1) is 16.0. The summed E-state index contributed by atoms with van der Waals surface area (Å²) in [7, 11) is 1.64. The lowest BCUT2D eigenvalue weighted by molar-refractivity contribution is -0.138. The fourth-order valence-corrected chi connectivity index (χ4v) is 1.96. The maximum absolute atomic E-state index is 12.1. The molecular formula is C15H23N3O2. The highest BCUT2D eigenvalue weighted by Crippen LogP contribution is 2.12. The Morgan fingerprint density at radius 1 is 1.10 bits per heavy atom. The number of nitrogens with zero attached hydrogens (tertiary/aromatic N) is 2. The molecule has 0 aliphatic heterocycles. The number of para-hydroxylation sites is 1. The third-order valence-electron chi connectivity index (χ3n) is 3.31. The van der Waals surface area contributed by atoms with E-state index in [1.165, 1.54) is 4.90 Å². The van der Waals surface area contributed by atoms with Gasteiger partial charge in [0.1, 0.15) is 0 Å². The van der Waals surface area contributed by atoms with Crippen molar-refractivity contribution in [1.29, 1.82) is 0 Å². The van der Waals surface area contributed by atoms with E-state index in [1.54, 1.807) is 18.0 Å². The van der Waals surface area contributed by atoms with E-state index in [1.807, 2.05) is 32.0 Å². The molecule has 5 heteroatoms. The van der Waals surface area contributed by atoms with Gasteiger partial charge in [-0.1, -0.05) is 18.2 Å². The third kappa shape index (κ3) is 4.26. The monoisotopic (exact) mass is 277 g/mol. The molecule has 0 saturated heterocycles. The molecule has 0 aromatic heterocycles. The molecule has 0 spiro atoms. The average Bonchev–Trinajstić information content (AvgIpc) is 2.42. The average molecular weight is 277 g/mol. The van der Waals surface area contributed by atoms with E-state index in [0.717, 1.165) is 5.56 Å². The van der Waals surface area contributed by atoms with Gasteiger partial charge in [-0.15, -0.1) is 0 Å². The Labute approximate surface area is 120 Å². The lowest BCUT2D eigenvalue weighted by atomic mass is 10.1. The summed E-state index contributed by atoms with van der Waals surface area (Å²) in [5.74, 6) is -0.143. The summed E-state index contributed by atoms with van der Waals surface area (Å²) in [4.78, 5) is 27.2. The number of amides is 2. The van der Waals surface area contributed by atoms with Crippen molar-refractivity contribution in [1.82, 2.24) is 9.80 Å². The minimum Gasteiger partial charge on any atom is -0.398 e. The third-order valence-corrected chi connectivity index (χ3v) is 3.31. The first-order valence-electron chi connectivity index (χ1n) is 6.84. The Morgan fingerprint density at radius 3 is 2.25 bits per heavy atom. The molecule has 1 aromatic rings. The minimum absolute atomic E-state index is 0.0353. The molecular weight excluding hydrogens is 254 g/mol. The molecule has 0 atom stereocenters. The van der Waals surface area contributed by atoms with Gasteiger partial charge < -0.3 is 15.5 Å². The highest BCUT2D eigenvalue weighted by Gasteiger charge is 2.17. The summed E-state index contributed by atoms with van der Waals surface area (Å²) in [6.45, 7) is 5.26. The second-order valence-corrected chi connectivity index (χ2v) is 4.69. The summed E-state index contributed by atoms with van der Waals surface area (Å²) in [5.41, 5.74) is 7.21. The second-order valence-electron chi connectivity index (χ2n) is 4.69. The minimum atomic E-state index is -0.108. The van der Waals surface area contributed by atoms with Crippen LogP contribution in [-0.2, 0) is 16.0 Å². The largest absolute Gasteiger partial charge is 0.398 e. The summed E-state index contributed by atoms with van der Waals surface area (Å²) < 4.78 is 0. The molecule has 2 amide bonds.